The lowest BCUT2D eigenvalue weighted by Gasteiger charge is -2.13. The third kappa shape index (κ3) is 3.78. The molecule has 2 unspecified atom stereocenters. The van der Waals surface area contributed by atoms with E-state index in [4.69, 9.17) is 15.2 Å². The number of likely N-dealkylation sites (tertiary alicyclic amines) is 1. The van der Waals surface area contributed by atoms with E-state index in [2.05, 4.69) is 28.9 Å². The smallest absolute Gasteiger partial charge is 0.0971 e. The van der Waals surface area contributed by atoms with Crippen LogP contribution in [0.15, 0.2) is 12.1 Å². The normalized spacial score (nSPS) is 23.3. The Morgan fingerprint density at radius 3 is 2.58 bits per heavy atom. The Hall–Kier alpha value is -0.900. The highest BCUT2D eigenvalue weighted by Gasteiger charge is 2.32. The van der Waals surface area contributed by atoms with Crippen LogP contribution >= 0.6 is 11.3 Å². The molecule has 1 saturated heterocycles. The van der Waals surface area contributed by atoms with Crippen LogP contribution in [-0.2, 0) is 16.0 Å². The fraction of sp³-hybridized carbons (Fsp3) is 0.571. The number of hydrogen-bond donors (Lipinski definition) is 1. The van der Waals surface area contributed by atoms with Gasteiger partial charge in [0.05, 0.1) is 23.6 Å². The molecule has 2 atom stereocenters. The third-order valence-corrected chi connectivity index (χ3v) is 4.24. The Morgan fingerprint density at radius 1 is 1.32 bits per heavy atom. The fourth-order valence-electron chi connectivity index (χ4n) is 2.29. The molecule has 0 radical (unpaired) electrons. The van der Waals surface area contributed by atoms with E-state index in [9.17, 15) is 0 Å². The molecule has 1 fully saturated rings. The summed E-state index contributed by atoms with van der Waals surface area (Å²) in [6.07, 6.45) is 0.336. The fourth-order valence-corrected chi connectivity index (χ4v) is 3.21. The van der Waals surface area contributed by atoms with Crippen LogP contribution in [0.2, 0.25) is 0 Å². The number of methoxy groups -OCH3 is 2. The Morgan fingerprint density at radius 2 is 2.00 bits per heavy atom. The van der Waals surface area contributed by atoms with Crippen LogP contribution in [0.5, 0.6) is 0 Å². The van der Waals surface area contributed by atoms with Gasteiger partial charge in [-0.25, -0.2) is 0 Å². The summed E-state index contributed by atoms with van der Waals surface area (Å²) < 4.78 is 10.9. The molecule has 0 aromatic carbocycles. The Bertz CT molecular complexity index is 452. The average molecular weight is 280 g/mol. The van der Waals surface area contributed by atoms with E-state index < -0.39 is 0 Å². The monoisotopic (exact) mass is 280 g/mol. The topological polar surface area (TPSA) is 47.7 Å². The molecule has 5 heteroatoms. The molecule has 0 saturated carbocycles. The van der Waals surface area contributed by atoms with Gasteiger partial charge in [-0.1, -0.05) is 11.8 Å². The van der Waals surface area contributed by atoms with Gasteiger partial charge in [-0.3, -0.25) is 4.90 Å². The van der Waals surface area contributed by atoms with Crippen molar-refractivity contribution in [2.24, 2.45) is 5.73 Å². The van der Waals surface area contributed by atoms with Crippen LogP contribution in [0, 0.1) is 11.8 Å². The number of hydrogen-bond acceptors (Lipinski definition) is 5. The Kier molecular flexibility index (Phi) is 5.37. The number of nitrogens with zero attached hydrogens (tertiary/aromatic N) is 1. The van der Waals surface area contributed by atoms with Gasteiger partial charge >= 0.3 is 0 Å². The van der Waals surface area contributed by atoms with Crippen LogP contribution in [0.25, 0.3) is 0 Å². The van der Waals surface area contributed by atoms with Crippen molar-refractivity contribution in [1.29, 1.82) is 0 Å². The SMILES string of the molecule is COC1CN(Cc2ccc(C#CCN)s2)CC1OC. The van der Waals surface area contributed by atoms with E-state index in [1.807, 2.05) is 0 Å². The van der Waals surface area contributed by atoms with Gasteiger partial charge in [0.1, 0.15) is 0 Å². The highest BCUT2D eigenvalue weighted by atomic mass is 32.1. The predicted molar refractivity (Wildman–Crippen MR) is 77.1 cm³/mol. The molecule has 4 nitrogen and oxygen atoms in total. The molecule has 2 rings (SSSR count). The Balaban J connectivity index is 1.93. The molecular formula is C14H20N2O2S. The first-order valence-corrected chi connectivity index (χ1v) is 7.14. The van der Waals surface area contributed by atoms with Crippen molar-refractivity contribution >= 4 is 11.3 Å². The molecule has 2 N–H and O–H groups in total. The number of ether oxygens (including phenoxy) is 2. The van der Waals surface area contributed by atoms with Crippen LogP contribution in [0.3, 0.4) is 0 Å². The molecule has 1 aliphatic rings. The van der Waals surface area contributed by atoms with E-state index in [0.29, 0.717) is 6.54 Å². The van der Waals surface area contributed by atoms with Gasteiger partial charge in [-0.15, -0.1) is 11.3 Å². The zero-order valence-corrected chi connectivity index (χ0v) is 12.2. The number of rotatable bonds is 4. The van der Waals surface area contributed by atoms with Gasteiger partial charge in [0.15, 0.2) is 0 Å². The molecule has 2 heterocycles. The van der Waals surface area contributed by atoms with Crippen LogP contribution in [0.4, 0.5) is 0 Å². The first-order valence-electron chi connectivity index (χ1n) is 6.32. The second-order valence-corrected chi connectivity index (χ2v) is 5.68. The van der Waals surface area contributed by atoms with E-state index in [0.717, 1.165) is 24.5 Å². The first-order chi connectivity index (χ1) is 9.26. The maximum Gasteiger partial charge on any atom is 0.0971 e. The summed E-state index contributed by atoms with van der Waals surface area (Å²) >= 11 is 1.72. The molecular weight excluding hydrogens is 260 g/mol. The highest BCUT2D eigenvalue weighted by molar-refractivity contribution is 7.12. The molecule has 1 aromatic rings. The van der Waals surface area contributed by atoms with Crippen molar-refractivity contribution in [2.45, 2.75) is 18.8 Å². The minimum atomic E-state index is 0.168. The molecule has 1 aliphatic heterocycles. The zero-order valence-electron chi connectivity index (χ0n) is 11.4. The third-order valence-electron chi connectivity index (χ3n) is 3.25. The van der Waals surface area contributed by atoms with E-state index in [1.165, 1.54) is 4.88 Å². The minimum absolute atomic E-state index is 0.168. The summed E-state index contributed by atoms with van der Waals surface area (Å²) in [6.45, 7) is 3.16. The lowest BCUT2D eigenvalue weighted by molar-refractivity contribution is -0.00461. The van der Waals surface area contributed by atoms with E-state index in [-0.39, 0.29) is 12.2 Å². The van der Waals surface area contributed by atoms with Gasteiger partial charge < -0.3 is 15.2 Å². The molecule has 0 aliphatic carbocycles. The lowest BCUT2D eigenvalue weighted by atomic mass is 10.3. The summed E-state index contributed by atoms with van der Waals surface area (Å²) in [5.74, 6) is 5.94. The highest BCUT2D eigenvalue weighted by Crippen LogP contribution is 2.22. The van der Waals surface area contributed by atoms with Crippen LogP contribution in [0.1, 0.15) is 9.75 Å². The second-order valence-electron chi connectivity index (χ2n) is 4.51. The molecule has 0 spiro atoms. The first kappa shape index (κ1) is 14.5. The van der Waals surface area contributed by atoms with Crippen molar-refractivity contribution in [3.05, 3.63) is 21.9 Å². The van der Waals surface area contributed by atoms with E-state index in [1.54, 1.807) is 25.6 Å². The average Bonchev–Trinajstić information content (AvgIpc) is 3.03. The number of thiophene rings is 1. The van der Waals surface area contributed by atoms with Crippen LogP contribution < -0.4 is 5.73 Å². The van der Waals surface area contributed by atoms with Crippen molar-refractivity contribution in [1.82, 2.24) is 4.90 Å². The van der Waals surface area contributed by atoms with Crippen LogP contribution in [-0.4, -0.2) is 51.0 Å². The summed E-state index contributed by atoms with van der Waals surface area (Å²) in [5, 5.41) is 0. The van der Waals surface area contributed by atoms with Crippen molar-refractivity contribution in [3.63, 3.8) is 0 Å². The molecule has 0 bridgehead atoms. The molecule has 104 valence electrons. The van der Waals surface area contributed by atoms with Crippen molar-refractivity contribution in [2.75, 3.05) is 33.9 Å². The summed E-state index contributed by atoms with van der Waals surface area (Å²) in [7, 11) is 3.48. The molecule has 0 amide bonds. The predicted octanol–water partition coefficient (Wildman–Crippen LogP) is 0.904. The summed E-state index contributed by atoms with van der Waals surface area (Å²) in [4.78, 5) is 4.74. The molecule has 19 heavy (non-hydrogen) atoms. The van der Waals surface area contributed by atoms with E-state index >= 15 is 0 Å². The summed E-state index contributed by atoms with van der Waals surface area (Å²) in [5.41, 5.74) is 5.37. The number of nitrogens with two attached hydrogens (primary N) is 1. The molecule has 1 aromatic heterocycles. The maximum absolute atomic E-state index is 5.44. The Labute approximate surface area is 118 Å². The second kappa shape index (κ2) is 7.04. The summed E-state index contributed by atoms with van der Waals surface area (Å²) in [6, 6.07) is 4.19. The van der Waals surface area contributed by atoms with Gasteiger partial charge in [0, 0.05) is 38.7 Å². The van der Waals surface area contributed by atoms with Crippen molar-refractivity contribution < 1.29 is 9.47 Å². The minimum Gasteiger partial charge on any atom is -0.377 e. The van der Waals surface area contributed by atoms with Gasteiger partial charge in [0.25, 0.3) is 0 Å². The maximum atomic E-state index is 5.44. The standard InChI is InChI=1S/C14H20N2O2S/c1-17-13-9-16(10-14(13)18-2)8-12-6-5-11(19-12)4-3-7-15/h5-6,13-14H,7-10,15H2,1-2H3. The van der Waals surface area contributed by atoms with Gasteiger partial charge in [-0.05, 0) is 12.1 Å². The van der Waals surface area contributed by atoms with Crippen molar-refractivity contribution in [3.8, 4) is 11.8 Å². The zero-order chi connectivity index (χ0) is 13.7. The quantitative estimate of drug-likeness (QED) is 0.833. The largest absolute Gasteiger partial charge is 0.377 e. The van der Waals surface area contributed by atoms with Gasteiger partial charge in [-0.2, -0.15) is 0 Å². The lowest BCUT2D eigenvalue weighted by Crippen LogP contribution is -2.27. The van der Waals surface area contributed by atoms with Gasteiger partial charge in [0.2, 0.25) is 0 Å².